The fourth-order valence-corrected chi connectivity index (χ4v) is 3.76. The quantitative estimate of drug-likeness (QED) is 0.382. The largest absolute Gasteiger partial charge is 0.481 e. The number of carboxylic acids is 1. The Morgan fingerprint density at radius 3 is 2.41 bits per heavy atom. The van der Waals surface area contributed by atoms with Crippen molar-refractivity contribution < 1.29 is 9.90 Å². The summed E-state index contributed by atoms with van der Waals surface area (Å²) in [7, 11) is 0. The first-order valence-corrected chi connectivity index (χ1v) is 9.47. The third-order valence-electron chi connectivity index (χ3n) is 3.86. The Balaban J connectivity index is 2.27. The van der Waals surface area contributed by atoms with Gasteiger partial charge in [-0.25, -0.2) is 0 Å². The predicted molar refractivity (Wildman–Crippen MR) is 95.7 cm³/mol. The van der Waals surface area contributed by atoms with Crippen molar-refractivity contribution in [3.8, 4) is 0 Å². The first kappa shape index (κ1) is 19.1. The second-order valence-electron chi connectivity index (χ2n) is 6.02. The van der Waals surface area contributed by atoms with E-state index in [0.29, 0.717) is 5.25 Å². The van der Waals surface area contributed by atoms with Crippen molar-refractivity contribution in [2.75, 3.05) is 0 Å². The maximum Gasteiger partial charge on any atom is 0.307 e. The van der Waals surface area contributed by atoms with Gasteiger partial charge in [0.25, 0.3) is 0 Å². The molecule has 1 atom stereocenters. The lowest BCUT2D eigenvalue weighted by Gasteiger charge is -2.13. The maximum absolute atomic E-state index is 10.9. The van der Waals surface area contributed by atoms with Crippen LogP contribution in [0.2, 0.25) is 0 Å². The normalized spacial score (nSPS) is 12.3. The molecule has 1 N–H and O–H groups in total. The Morgan fingerprint density at radius 1 is 1.09 bits per heavy atom. The third-order valence-corrected chi connectivity index (χ3v) is 5.15. The Hall–Kier alpha value is -0.960. The van der Waals surface area contributed by atoms with Crippen molar-refractivity contribution in [3.63, 3.8) is 0 Å². The molecule has 1 rings (SSSR count). The molecular weight excluding hydrogens is 292 g/mol. The van der Waals surface area contributed by atoms with E-state index in [2.05, 4.69) is 13.8 Å². The van der Waals surface area contributed by atoms with E-state index < -0.39 is 5.97 Å². The number of unbranched alkanes of at least 4 members (excludes halogenated alkanes) is 6. The summed E-state index contributed by atoms with van der Waals surface area (Å²) in [5.74, 6) is -0.757. The molecule has 0 amide bonds. The van der Waals surface area contributed by atoms with E-state index in [4.69, 9.17) is 5.11 Å². The topological polar surface area (TPSA) is 37.3 Å². The van der Waals surface area contributed by atoms with E-state index in [1.807, 2.05) is 36.0 Å². The molecular formula is C19H30O2S. The second kappa shape index (κ2) is 11.6. The molecule has 0 heterocycles. The SMILES string of the molecule is CCCCCCCCCC(C)Sc1ccccc1CC(=O)O. The van der Waals surface area contributed by atoms with Gasteiger partial charge < -0.3 is 5.11 Å². The molecule has 0 aliphatic carbocycles. The molecule has 1 aromatic rings. The van der Waals surface area contributed by atoms with Gasteiger partial charge in [0.15, 0.2) is 0 Å². The lowest BCUT2D eigenvalue weighted by atomic mass is 10.1. The van der Waals surface area contributed by atoms with E-state index in [0.717, 1.165) is 10.5 Å². The van der Waals surface area contributed by atoms with Crippen molar-refractivity contribution in [3.05, 3.63) is 29.8 Å². The molecule has 1 unspecified atom stereocenters. The first-order valence-electron chi connectivity index (χ1n) is 8.59. The van der Waals surface area contributed by atoms with Crippen LogP contribution in [-0.4, -0.2) is 16.3 Å². The van der Waals surface area contributed by atoms with Crippen LogP contribution < -0.4 is 0 Å². The molecule has 0 spiro atoms. The van der Waals surface area contributed by atoms with Crippen molar-refractivity contribution in [2.24, 2.45) is 0 Å². The van der Waals surface area contributed by atoms with Crippen molar-refractivity contribution in [1.82, 2.24) is 0 Å². The van der Waals surface area contributed by atoms with Crippen LogP contribution in [0.15, 0.2) is 29.2 Å². The summed E-state index contributed by atoms with van der Waals surface area (Å²) in [5.41, 5.74) is 0.936. The molecule has 0 aliphatic rings. The average Bonchev–Trinajstić information content (AvgIpc) is 2.48. The van der Waals surface area contributed by atoms with E-state index in [9.17, 15) is 4.79 Å². The summed E-state index contributed by atoms with van der Waals surface area (Å²) < 4.78 is 0. The molecule has 0 fully saturated rings. The van der Waals surface area contributed by atoms with Gasteiger partial charge in [-0.3, -0.25) is 4.79 Å². The van der Waals surface area contributed by atoms with Crippen LogP contribution in [0.25, 0.3) is 0 Å². The second-order valence-corrected chi connectivity index (χ2v) is 7.50. The van der Waals surface area contributed by atoms with E-state index in [1.54, 1.807) is 0 Å². The summed E-state index contributed by atoms with van der Waals surface area (Å²) in [4.78, 5) is 12.0. The van der Waals surface area contributed by atoms with Crippen LogP contribution in [0.4, 0.5) is 0 Å². The minimum Gasteiger partial charge on any atom is -0.481 e. The van der Waals surface area contributed by atoms with Crippen LogP contribution in [0.5, 0.6) is 0 Å². The molecule has 0 saturated carbocycles. The third kappa shape index (κ3) is 8.47. The molecule has 0 aromatic heterocycles. The van der Waals surface area contributed by atoms with Crippen molar-refractivity contribution >= 4 is 17.7 Å². The van der Waals surface area contributed by atoms with Gasteiger partial charge in [-0.15, -0.1) is 11.8 Å². The molecule has 124 valence electrons. The van der Waals surface area contributed by atoms with Crippen LogP contribution in [0.1, 0.15) is 70.8 Å². The fraction of sp³-hybridized carbons (Fsp3) is 0.632. The number of hydrogen-bond donors (Lipinski definition) is 1. The highest BCUT2D eigenvalue weighted by atomic mass is 32.2. The predicted octanol–water partition coefficient (Wildman–Crippen LogP) is 5.94. The smallest absolute Gasteiger partial charge is 0.307 e. The van der Waals surface area contributed by atoms with Crippen LogP contribution >= 0.6 is 11.8 Å². The number of thioether (sulfide) groups is 1. The minimum absolute atomic E-state index is 0.118. The van der Waals surface area contributed by atoms with Crippen LogP contribution in [0.3, 0.4) is 0 Å². The van der Waals surface area contributed by atoms with Gasteiger partial charge >= 0.3 is 5.97 Å². The van der Waals surface area contributed by atoms with Crippen molar-refractivity contribution in [2.45, 2.75) is 81.8 Å². The molecule has 3 heteroatoms. The number of benzene rings is 1. The summed E-state index contributed by atoms with van der Waals surface area (Å²) in [6.07, 6.45) is 10.7. The van der Waals surface area contributed by atoms with Gasteiger partial charge in [0.2, 0.25) is 0 Å². The Morgan fingerprint density at radius 2 is 1.73 bits per heavy atom. The van der Waals surface area contributed by atoms with Crippen molar-refractivity contribution in [1.29, 1.82) is 0 Å². The Bertz CT molecular complexity index is 431. The molecule has 0 bridgehead atoms. The number of carboxylic acid groups (broad SMARTS) is 1. The molecule has 22 heavy (non-hydrogen) atoms. The summed E-state index contributed by atoms with van der Waals surface area (Å²) in [6, 6.07) is 7.89. The summed E-state index contributed by atoms with van der Waals surface area (Å²) in [5, 5.41) is 9.53. The molecule has 1 aromatic carbocycles. The fourth-order valence-electron chi connectivity index (χ4n) is 2.59. The zero-order valence-corrected chi connectivity index (χ0v) is 14.8. The van der Waals surface area contributed by atoms with E-state index >= 15 is 0 Å². The van der Waals surface area contributed by atoms with Crippen LogP contribution in [-0.2, 0) is 11.2 Å². The molecule has 0 radical (unpaired) electrons. The monoisotopic (exact) mass is 322 g/mol. The van der Waals surface area contributed by atoms with Gasteiger partial charge in [0.1, 0.15) is 0 Å². The number of hydrogen-bond acceptors (Lipinski definition) is 2. The van der Waals surface area contributed by atoms with E-state index in [-0.39, 0.29) is 6.42 Å². The molecule has 0 saturated heterocycles. The zero-order valence-electron chi connectivity index (χ0n) is 14.0. The lowest BCUT2D eigenvalue weighted by Crippen LogP contribution is -2.03. The zero-order chi connectivity index (χ0) is 16.2. The average molecular weight is 323 g/mol. The van der Waals surface area contributed by atoms with Gasteiger partial charge in [-0.1, -0.05) is 77.0 Å². The van der Waals surface area contributed by atoms with Gasteiger partial charge in [0, 0.05) is 10.1 Å². The Labute approximate surface area is 139 Å². The maximum atomic E-state index is 10.9. The van der Waals surface area contributed by atoms with Gasteiger partial charge in [0.05, 0.1) is 6.42 Å². The first-order chi connectivity index (χ1) is 10.6. The summed E-state index contributed by atoms with van der Waals surface area (Å²) >= 11 is 1.82. The lowest BCUT2D eigenvalue weighted by molar-refractivity contribution is -0.136. The minimum atomic E-state index is -0.757. The molecule has 0 aliphatic heterocycles. The number of rotatable bonds is 12. The summed E-state index contributed by atoms with van der Waals surface area (Å²) in [6.45, 7) is 4.50. The number of aliphatic carboxylic acids is 1. The van der Waals surface area contributed by atoms with E-state index in [1.165, 1.54) is 51.4 Å². The van der Waals surface area contributed by atoms with Gasteiger partial charge in [-0.2, -0.15) is 0 Å². The highest BCUT2D eigenvalue weighted by Crippen LogP contribution is 2.29. The standard InChI is InChI=1S/C19H30O2S/c1-3-4-5-6-7-8-9-12-16(2)22-18-14-11-10-13-17(18)15-19(20)21/h10-11,13-14,16H,3-9,12,15H2,1-2H3,(H,20,21). The number of carbonyl (C=O) groups is 1. The highest BCUT2D eigenvalue weighted by Gasteiger charge is 2.10. The van der Waals surface area contributed by atoms with Gasteiger partial charge in [-0.05, 0) is 18.1 Å². The Kier molecular flexibility index (Phi) is 10.1. The molecule has 2 nitrogen and oxygen atoms in total. The highest BCUT2D eigenvalue weighted by molar-refractivity contribution is 8.00. The van der Waals surface area contributed by atoms with Crippen LogP contribution in [0, 0.1) is 0 Å².